The third kappa shape index (κ3) is 3.50. The Kier molecular flexibility index (Phi) is 5.43. The monoisotopic (exact) mass is 404 g/mol. The maximum Gasteiger partial charge on any atom is 0.326 e. The molecule has 2 aromatic carbocycles. The number of ether oxygens (including phenoxy) is 3. The van der Waals surface area contributed by atoms with Crippen LogP contribution >= 0.6 is 0 Å². The number of methoxy groups -OCH3 is 2. The van der Waals surface area contributed by atoms with Gasteiger partial charge in [0.1, 0.15) is 6.61 Å². The van der Waals surface area contributed by atoms with E-state index in [0.29, 0.717) is 23.9 Å². The Hall–Kier alpha value is -3.74. The molecule has 4 rings (SSSR count). The Bertz CT molecular complexity index is 1050. The highest BCUT2D eigenvalue weighted by Crippen LogP contribution is 2.42. The van der Waals surface area contributed by atoms with Gasteiger partial charge in [0.2, 0.25) is 5.88 Å². The predicted molar refractivity (Wildman–Crippen MR) is 108 cm³/mol. The molecule has 7 heteroatoms. The molecule has 1 unspecified atom stereocenters. The SMILES string of the molecule is COC(=O)C(C(=O)OC)c1nc(-c2ccccc2)nc2c1C(c1ccccc1)CO2. The first-order valence-corrected chi connectivity index (χ1v) is 9.44. The quantitative estimate of drug-likeness (QED) is 0.477. The highest BCUT2D eigenvalue weighted by Gasteiger charge is 2.41. The minimum atomic E-state index is -1.34. The van der Waals surface area contributed by atoms with Crippen molar-refractivity contribution in [1.29, 1.82) is 0 Å². The van der Waals surface area contributed by atoms with Gasteiger partial charge in [-0.1, -0.05) is 60.7 Å². The topological polar surface area (TPSA) is 87.6 Å². The van der Waals surface area contributed by atoms with E-state index in [-0.39, 0.29) is 11.6 Å². The van der Waals surface area contributed by atoms with Crippen LogP contribution in [0.4, 0.5) is 0 Å². The molecule has 7 nitrogen and oxygen atoms in total. The largest absolute Gasteiger partial charge is 0.476 e. The number of rotatable bonds is 5. The lowest BCUT2D eigenvalue weighted by Gasteiger charge is -2.18. The number of esters is 2. The van der Waals surface area contributed by atoms with E-state index in [4.69, 9.17) is 14.2 Å². The third-order valence-electron chi connectivity index (χ3n) is 5.06. The summed E-state index contributed by atoms with van der Waals surface area (Å²) in [4.78, 5) is 34.4. The maximum atomic E-state index is 12.6. The van der Waals surface area contributed by atoms with Crippen molar-refractivity contribution in [3.05, 3.63) is 77.5 Å². The van der Waals surface area contributed by atoms with Crippen LogP contribution in [0.25, 0.3) is 11.4 Å². The van der Waals surface area contributed by atoms with Gasteiger partial charge in [0.05, 0.1) is 25.8 Å². The zero-order valence-electron chi connectivity index (χ0n) is 16.6. The Morgan fingerprint density at radius 2 is 1.53 bits per heavy atom. The van der Waals surface area contributed by atoms with Crippen molar-refractivity contribution in [3.63, 3.8) is 0 Å². The number of hydrogen-bond acceptors (Lipinski definition) is 7. The van der Waals surface area contributed by atoms with Gasteiger partial charge in [0.15, 0.2) is 11.7 Å². The molecule has 1 aliphatic heterocycles. The zero-order chi connectivity index (χ0) is 21.1. The first-order valence-electron chi connectivity index (χ1n) is 9.44. The van der Waals surface area contributed by atoms with Crippen LogP contribution < -0.4 is 4.74 Å². The molecule has 1 atom stereocenters. The van der Waals surface area contributed by atoms with E-state index in [1.807, 2.05) is 60.7 Å². The minimum absolute atomic E-state index is 0.224. The molecule has 152 valence electrons. The van der Waals surface area contributed by atoms with Crippen molar-refractivity contribution in [3.8, 4) is 17.3 Å². The van der Waals surface area contributed by atoms with E-state index in [9.17, 15) is 9.59 Å². The summed E-state index contributed by atoms with van der Waals surface area (Å²) in [7, 11) is 2.45. The molecule has 30 heavy (non-hydrogen) atoms. The lowest BCUT2D eigenvalue weighted by molar-refractivity contribution is -0.154. The minimum Gasteiger partial charge on any atom is -0.476 e. The van der Waals surface area contributed by atoms with Gasteiger partial charge in [0.25, 0.3) is 0 Å². The number of benzene rings is 2. The van der Waals surface area contributed by atoms with Crippen LogP contribution in [0, 0.1) is 0 Å². The maximum absolute atomic E-state index is 12.6. The van der Waals surface area contributed by atoms with Crippen molar-refractivity contribution < 1.29 is 23.8 Å². The average molecular weight is 404 g/mol. The van der Waals surface area contributed by atoms with Crippen LogP contribution in [0.15, 0.2) is 60.7 Å². The van der Waals surface area contributed by atoms with Gasteiger partial charge in [0, 0.05) is 11.1 Å². The summed E-state index contributed by atoms with van der Waals surface area (Å²) in [6.45, 7) is 0.328. The summed E-state index contributed by atoms with van der Waals surface area (Å²) in [6, 6.07) is 19.0. The van der Waals surface area contributed by atoms with Gasteiger partial charge in [-0.2, -0.15) is 4.98 Å². The molecule has 0 amide bonds. The molecule has 0 radical (unpaired) electrons. The summed E-state index contributed by atoms with van der Waals surface area (Å²) < 4.78 is 15.7. The van der Waals surface area contributed by atoms with Gasteiger partial charge in [-0.05, 0) is 5.56 Å². The first kappa shape index (κ1) is 19.6. The Labute approximate surface area is 173 Å². The standard InChI is InChI=1S/C23H20N2O5/c1-28-22(26)18(23(27)29-2)19-17-16(14-9-5-3-6-10-14)13-30-21(17)25-20(24-19)15-11-7-4-8-12-15/h3-12,16,18H,13H2,1-2H3. The number of hydrogen-bond donors (Lipinski definition) is 0. The van der Waals surface area contributed by atoms with Gasteiger partial charge in [-0.15, -0.1) is 0 Å². The summed E-state index contributed by atoms with van der Waals surface area (Å²) in [6.07, 6.45) is 0. The summed E-state index contributed by atoms with van der Waals surface area (Å²) in [5.74, 6) is -2.35. The van der Waals surface area contributed by atoms with Crippen LogP contribution in [0.1, 0.15) is 28.7 Å². The van der Waals surface area contributed by atoms with Crippen molar-refractivity contribution in [2.75, 3.05) is 20.8 Å². The van der Waals surface area contributed by atoms with E-state index < -0.39 is 17.9 Å². The number of carbonyl (C=O) groups is 2. The van der Waals surface area contributed by atoms with Gasteiger partial charge >= 0.3 is 11.9 Å². The predicted octanol–water partition coefficient (Wildman–Crippen LogP) is 3.10. The van der Waals surface area contributed by atoms with Crippen molar-refractivity contribution in [2.24, 2.45) is 0 Å². The van der Waals surface area contributed by atoms with Gasteiger partial charge in [-0.25, -0.2) is 4.98 Å². The highest BCUT2D eigenvalue weighted by molar-refractivity contribution is 6.01. The fourth-order valence-corrected chi connectivity index (χ4v) is 3.59. The fraction of sp³-hybridized carbons (Fsp3) is 0.217. The van der Waals surface area contributed by atoms with E-state index in [0.717, 1.165) is 11.1 Å². The Balaban J connectivity index is 1.94. The second kappa shape index (κ2) is 8.32. The van der Waals surface area contributed by atoms with Crippen LogP contribution in [-0.2, 0) is 19.1 Å². The second-order valence-electron chi connectivity index (χ2n) is 6.77. The summed E-state index contributed by atoms with van der Waals surface area (Å²) >= 11 is 0. The fourth-order valence-electron chi connectivity index (χ4n) is 3.59. The molecule has 2 heterocycles. The number of carbonyl (C=O) groups excluding carboxylic acids is 2. The van der Waals surface area contributed by atoms with E-state index in [1.54, 1.807) is 0 Å². The number of nitrogens with zero attached hydrogens (tertiary/aromatic N) is 2. The smallest absolute Gasteiger partial charge is 0.326 e. The summed E-state index contributed by atoms with van der Waals surface area (Å²) in [5, 5.41) is 0. The van der Waals surface area contributed by atoms with Crippen molar-refractivity contribution in [2.45, 2.75) is 11.8 Å². The van der Waals surface area contributed by atoms with E-state index >= 15 is 0 Å². The normalized spacial score (nSPS) is 14.7. The molecule has 0 N–H and O–H groups in total. The first-order chi connectivity index (χ1) is 14.6. The van der Waals surface area contributed by atoms with Gasteiger partial charge in [-0.3, -0.25) is 9.59 Å². The van der Waals surface area contributed by atoms with Gasteiger partial charge < -0.3 is 14.2 Å². The highest BCUT2D eigenvalue weighted by atomic mass is 16.5. The molecule has 3 aromatic rings. The third-order valence-corrected chi connectivity index (χ3v) is 5.06. The number of fused-ring (bicyclic) bond motifs is 1. The molecule has 0 bridgehead atoms. The molecule has 0 aliphatic carbocycles. The van der Waals surface area contributed by atoms with E-state index in [2.05, 4.69) is 9.97 Å². The van der Waals surface area contributed by atoms with Crippen molar-refractivity contribution >= 4 is 11.9 Å². The zero-order valence-corrected chi connectivity index (χ0v) is 16.6. The van der Waals surface area contributed by atoms with Crippen LogP contribution in [0.5, 0.6) is 5.88 Å². The van der Waals surface area contributed by atoms with Crippen LogP contribution in [0.2, 0.25) is 0 Å². The van der Waals surface area contributed by atoms with E-state index in [1.165, 1.54) is 14.2 Å². The molecular formula is C23H20N2O5. The molecule has 0 saturated heterocycles. The Morgan fingerprint density at radius 1 is 0.933 bits per heavy atom. The number of aromatic nitrogens is 2. The molecular weight excluding hydrogens is 384 g/mol. The molecule has 0 saturated carbocycles. The van der Waals surface area contributed by atoms with Crippen LogP contribution in [-0.4, -0.2) is 42.7 Å². The lowest BCUT2D eigenvalue weighted by atomic mass is 9.88. The lowest BCUT2D eigenvalue weighted by Crippen LogP contribution is -2.27. The van der Waals surface area contributed by atoms with Crippen LogP contribution in [0.3, 0.4) is 0 Å². The molecule has 0 fully saturated rings. The average Bonchev–Trinajstić information content (AvgIpc) is 3.24. The summed E-state index contributed by atoms with van der Waals surface area (Å²) in [5.41, 5.74) is 2.55. The van der Waals surface area contributed by atoms with Crippen molar-refractivity contribution in [1.82, 2.24) is 9.97 Å². The molecule has 1 aromatic heterocycles. The Morgan fingerprint density at radius 3 is 2.13 bits per heavy atom. The second-order valence-corrected chi connectivity index (χ2v) is 6.77. The molecule has 0 spiro atoms. The molecule has 1 aliphatic rings.